The van der Waals surface area contributed by atoms with Crippen LogP contribution in [0, 0.1) is 5.82 Å². The first-order valence-electron chi connectivity index (χ1n) is 4.57. The fraction of sp³-hybridized carbons (Fsp3) is 0.273. The van der Waals surface area contributed by atoms with Gasteiger partial charge >= 0.3 is 0 Å². The minimum absolute atomic E-state index is 0.291. The second-order valence-electron chi connectivity index (χ2n) is 2.75. The number of hydrogen-bond donors (Lipinski definition) is 1. The first-order valence-corrected chi connectivity index (χ1v) is 4.57. The van der Waals surface area contributed by atoms with E-state index < -0.39 is 0 Å². The van der Waals surface area contributed by atoms with Crippen molar-refractivity contribution in [3.8, 4) is 5.75 Å². The van der Waals surface area contributed by atoms with Crippen LogP contribution in [0.15, 0.2) is 24.3 Å². The highest BCUT2D eigenvalue weighted by molar-refractivity contribution is 5.51. The van der Waals surface area contributed by atoms with E-state index in [1.165, 1.54) is 6.07 Å². The van der Waals surface area contributed by atoms with Gasteiger partial charge in [-0.25, -0.2) is 4.39 Å². The number of halogens is 1. The molecule has 1 aromatic rings. The molecule has 0 saturated heterocycles. The lowest BCUT2D eigenvalue weighted by Crippen LogP contribution is -1.94. The highest BCUT2D eigenvalue weighted by atomic mass is 19.1. The summed E-state index contributed by atoms with van der Waals surface area (Å²) in [6.45, 7) is 2.81. The first kappa shape index (κ1) is 10.7. The Morgan fingerprint density at radius 3 is 2.86 bits per heavy atom. The van der Waals surface area contributed by atoms with Crippen molar-refractivity contribution in [2.75, 3.05) is 13.2 Å². The van der Waals surface area contributed by atoms with Gasteiger partial charge in [0.2, 0.25) is 0 Å². The minimum Gasteiger partial charge on any atom is -0.494 e. The molecule has 0 saturated carbocycles. The molecule has 0 aliphatic carbocycles. The SMILES string of the molecule is CCOc1ccc(C=CCN)c(F)c1. The summed E-state index contributed by atoms with van der Waals surface area (Å²) in [6, 6.07) is 4.79. The third-order valence-electron chi connectivity index (χ3n) is 1.72. The van der Waals surface area contributed by atoms with E-state index >= 15 is 0 Å². The second kappa shape index (κ2) is 5.40. The zero-order chi connectivity index (χ0) is 10.4. The predicted octanol–water partition coefficient (Wildman–Crippen LogP) is 2.20. The standard InChI is InChI=1S/C11H14FNO/c1-2-14-10-6-5-9(4-3-7-13)11(12)8-10/h3-6,8H,2,7,13H2,1H3. The van der Waals surface area contributed by atoms with Crippen molar-refractivity contribution in [3.63, 3.8) is 0 Å². The average molecular weight is 195 g/mol. The van der Waals surface area contributed by atoms with Crippen LogP contribution >= 0.6 is 0 Å². The van der Waals surface area contributed by atoms with E-state index in [9.17, 15) is 4.39 Å². The Hall–Kier alpha value is -1.35. The van der Waals surface area contributed by atoms with E-state index in [-0.39, 0.29) is 5.82 Å². The van der Waals surface area contributed by atoms with E-state index in [1.807, 2.05) is 6.92 Å². The Morgan fingerprint density at radius 1 is 1.50 bits per heavy atom. The molecule has 0 amide bonds. The van der Waals surface area contributed by atoms with Crippen molar-refractivity contribution < 1.29 is 9.13 Å². The van der Waals surface area contributed by atoms with Crippen molar-refractivity contribution in [2.45, 2.75) is 6.92 Å². The van der Waals surface area contributed by atoms with Gasteiger partial charge in [-0.2, -0.15) is 0 Å². The molecule has 0 aromatic heterocycles. The van der Waals surface area contributed by atoms with Crippen LogP contribution in [0.25, 0.3) is 6.08 Å². The lowest BCUT2D eigenvalue weighted by molar-refractivity contribution is 0.338. The summed E-state index contributed by atoms with van der Waals surface area (Å²) in [5.74, 6) is 0.260. The molecule has 0 spiro atoms. The molecule has 76 valence electrons. The van der Waals surface area contributed by atoms with Gasteiger partial charge in [-0.15, -0.1) is 0 Å². The minimum atomic E-state index is -0.291. The van der Waals surface area contributed by atoms with E-state index in [2.05, 4.69) is 0 Å². The Labute approximate surface area is 83.2 Å². The summed E-state index contributed by atoms with van der Waals surface area (Å²) in [6.07, 6.45) is 3.36. The van der Waals surface area contributed by atoms with Crippen molar-refractivity contribution in [1.82, 2.24) is 0 Å². The number of ether oxygens (including phenoxy) is 1. The Morgan fingerprint density at radius 2 is 2.29 bits per heavy atom. The van der Waals surface area contributed by atoms with Crippen LogP contribution < -0.4 is 10.5 Å². The van der Waals surface area contributed by atoms with Gasteiger partial charge in [0.1, 0.15) is 11.6 Å². The summed E-state index contributed by atoms with van der Waals surface area (Å²) in [5, 5.41) is 0. The van der Waals surface area contributed by atoms with Gasteiger partial charge in [0, 0.05) is 18.2 Å². The molecular formula is C11H14FNO. The third kappa shape index (κ3) is 2.85. The van der Waals surface area contributed by atoms with Crippen LogP contribution in [-0.4, -0.2) is 13.2 Å². The maximum atomic E-state index is 13.3. The third-order valence-corrected chi connectivity index (χ3v) is 1.72. The summed E-state index contributed by atoms with van der Waals surface area (Å²) >= 11 is 0. The van der Waals surface area contributed by atoms with Crippen molar-refractivity contribution in [2.24, 2.45) is 5.73 Å². The molecular weight excluding hydrogens is 181 g/mol. The predicted molar refractivity (Wildman–Crippen MR) is 55.7 cm³/mol. The molecule has 3 heteroatoms. The molecule has 0 radical (unpaired) electrons. The summed E-state index contributed by atoms with van der Waals surface area (Å²) < 4.78 is 18.5. The lowest BCUT2D eigenvalue weighted by atomic mass is 10.2. The second-order valence-corrected chi connectivity index (χ2v) is 2.75. The Balaban J connectivity index is 2.84. The van der Waals surface area contributed by atoms with Gasteiger partial charge in [-0.05, 0) is 19.1 Å². The number of rotatable bonds is 4. The average Bonchev–Trinajstić information content (AvgIpc) is 2.17. The molecule has 1 aromatic carbocycles. The van der Waals surface area contributed by atoms with E-state index in [1.54, 1.807) is 24.3 Å². The largest absolute Gasteiger partial charge is 0.494 e. The molecule has 0 atom stereocenters. The van der Waals surface area contributed by atoms with Gasteiger partial charge in [0.15, 0.2) is 0 Å². The zero-order valence-corrected chi connectivity index (χ0v) is 8.16. The van der Waals surface area contributed by atoms with Gasteiger partial charge in [-0.3, -0.25) is 0 Å². The molecule has 0 unspecified atom stereocenters. The first-order chi connectivity index (χ1) is 6.77. The number of hydrogen-bond acceptors (Lipinski definition) is 2. The van der Waals surface area contributed by atoms with Gasteiger partial charge in [0.25, 0.3) is 0 Å². The lowest BCUT2D eigenvalue weighted by Gasteiger charge is -2.03. The highest BCUT2D eigenvalue weighted by Crippen LogP contribution is 2.17. The smallest absolute Gasteiger partial charge is 0.134 e. The number of nitrogens with two attached hydrogens (primary N) is 1. The van der Waals surface area contributed by atoms with Crippen LogP contribution in [0.2, 0.25) is 0 Å². The topological polar surface area (TPSA) is 35.2 Å². The normalized spacial score (nSPS) is 10.8. The molecule has 0 fully saturated rings. The quantitative estimate of drug-likeness (QED) is 0.799. The van der Waals surface area contributed by atoms with E-state index in [4.69, 9.17) is 10.5 Å². The van der Waals surface area contributed by atoms with Gasteiger partial charge < -0.3 is 10.5 Å². The summed E-state index contributed by atoms with van der Waals surface area (Å²) in [5.41, 5.74) is 5.80. The highest BCUT2D eigenvalue weighted by Gasteiger charge is 2.00. The Bertz CT molecular complexity index is 323. The van der Waals surface area contributed by atoms with Gasteiger partial charge in [-0.1, -0.05) is 12.2 Å². The van der Waals surface area contributed by atoms with E-state index in [0.29, 0.717) is 24.5 Å². The van der Waals surface area contributed by atoms with Crippen molar-refractivity contribution in [1.29, 1.82) is 0 Å². The molecule has 14 heavy (non-hydrogen) atoms. The molecule has 0 heterocycles. The molecule has 0 bridgehead atoms. The van der Waals surface area contributed by atoms with Crippen LogP contribution in [0.5, 0.6) is 5.75 Å². The van der Waals surface area contributed by atoms with Crippen molar-refractivity contribution in [3.05, 3.63) is 35.7 Å². The monoisotopic (exact) mass is 195 g/mol. The molecule has 1 rings (SSSR count). The molecule has 2 N–H and O–H groups in total. The molecule has 0 aliphatic heterocycles. The summed E-state index contributed by atoms with van der Waals surface area (Å²) in [4.78, 5) is 0. The number of benzene rings is 1. The van der Waals surface area contributed by atoms with E-state index in [0.717, 1.165) is 0 Å². The zero-order valence-electron chi connectivity index (χ0n) is 8.16. The molecule has 0 aliphatic rings. The van der Waals surface area contributed by atoms with Crippen LogP contribution in [0.4, 0.5) is 4.39 Å². The fourth-order valence-corrected chi connectivity index (χ4v) is 1.09. The van der Waals surface area contributed by atoms with Crippen LogP contribution in [-0.2, 0) is 0 Å². The maximum Gasteiger partial charge on any atom is 0.134 e. The maximum absolute atomic E-state index is 13.3. The van der Waals surface area contributed by atoms with Crippen LogP contribution in [0.1, 0.15) is 12.5 Å². The summed E-state index contributed by atoms with van der Waals surface area (Å²) in [7, 11) is 0. The Kier molecular flexibility index (Phi) is 4.13. The molecule has 2 nitrogen and oxygen atoms in total. The van der Waals surface area contributed by atoms with Gasteiger partial charge in [0.05, 0.1) is 6.61 Å². The van der Waals surface area contributed by atoms with Crippen LogP contribution in [0.3, 0.4) is 0 Å². The van der Waals surface area contributed by atoms with Crippen molar-refractivity contribution >= 4 is 6.08 Å². The fourth-order valence-electron chi connectivity index (χ4n) is 1.09.